The molecule has 24 heavy (non-hydrogen) atoms. The van der Waals surface area contributed by atoms with Crippen molar-refractivity contribution in [1.82, 2.24) is 5.32 Å². The second-order valence-corrected chi connectivity index (χ2v) is 7.69. The molecule has 1 aliphatic heterocycles. The summed E-state index contributed by atoms with van der Waals surface area (Å²) < 4.78 is 11.2. The van der Waals surface area contributed by atoms with Gasteiger partial charge in [-0.15, -0.1) is 0 Å². The van der Waals surface area contributed by atoms with Crippen molar-refractivity contribution in [1.29, 1.82) is 0 Å². The molecule has 4 heteroatoms. The predicted molar refractivity (Wildman–Crippen MR) is 92.0 cm³/mol. The highest BCUT2D eigenvalue weighted by Crippen LogP contribution is 2.45. The number of fused-ring (bicyclic) bond motifs is 1. The normalized spacial score (nSPS) is 30.0. The molecule has 0 amide bonds. The second kappa shape index (κ2) is 6.75. The monoisotopic (exact) mass is 329 g/mol. The fourth-order valence-corrected chi connectivity index (χ4v) is 4.54. The summed E-state index contributed by atoms with van der Waals surface area (Å²) >= 11 is 0. The topological polar surface area (TPSA) is 47.6 Å². The van der Waals surface area contributed by atoms with E-state index in [9.17, 15) is 4.79 Å². The lowest BCUT2D eigenvalue weighted by atomic mass is 9.91. The molecule has 0 radical (unpaired) electrons. The molecule has 0 spiro atoms. The van der Waals surface area contributed by atoms with Crippen LogP contribution in [-0.2, 0) is 9.53 Å². The van der Waals surface area contributed by atoms with Crippen molar-refractivity contribution in [2.75, 3.05) is 20.2 Å². The molecule has 2 unspecified atom stereocenters. The minimum atomic E-state index is -0.116. The number of ether oxygens (including phenoxy) is 2. The summed E-state index contributed by atoms with van der Waals surface area (Å²) in [4.78, 5) is 11.7. The van der Waals surface area contributed by atoms with E-state index in [2.05, 4.69) is 29.6 Å². The third-order valence-electron chi connectivity index (χ3n) is 6.01. The summed E-state index contributed by atoms with van der Waals surface area (Å²) in [6.07, 6.45) is 5.57. The molecule has 4 nitrogen and oxygen atoms in total. The van der Waals surface area contributed by atoms with Gasteiger partial charge in [-0.2, -0.15) is 0 Å². The Bertz CT molecular complexity index is 586. The molecule has 2 saturated carbocycles. The van der Waals surface area contributed by atoms with Crippen molar-refractivity contribution in [2.24, 2.45) is 17.8 Å². The fraction of sp³-hybridized carbons (Fsp3) is 0.650. The van der Waals surface area contributed by atoms with E-state index < -0.39 is 0 Å². The largest absolute Gasteiger partial charge is 0.490 e. The van der Waals surface area contributed by atoms with E-state index in [1.807, 2.05) is 0 Å². The van der Waals surface area contributed by atoms with Gasteiger partial charge in [0.05, 0.1) is 19.6 Å². The van der Waals surface area contributed by atoms with Crippen LogP contribution in [-0.4, -0.2) is 32.3 Å². The van der Waals surface area contributed by atoms with Gasteiger partial charge in [-0.3, -0.25) is 4.79 Å². The first-order valence-corrected chi connectivity index (χ1v) is 9.27. The minimum absolute atomic E-state index is 0.116. The molecule has 3 atom stereocenters. The predicted octanol–water partition coefficient (Wildman–Crippen LogP) is 3.12. The molecule has 1 heterocycles. The number of rotatable bonds is 6. The molecule has 3 aliphatic rings. The molecule has 4 rings (SSSR count). The first-order chi connectivity index (χ1) is 11.7. The molecule has 1 N–H and O–H groups in total. The van der Waals surface area contributed by atoms with Crippen molar-refractivity contribution in [3.05, 3.63) is 29.8 Å². The molecule has 1 aromatic rings. The van der Waals surface area contributed by atoms with Gasteiger partial charge in [-0.1, -0.05) is 12.1 Å². The Balaban J connectivity index is 1.43. The van der Waals surface area contributed by atoms with E-state index in [1.54, 1.807) is 0 Å². The van der Waals surface area contributed by atoms with E-state index in [4.69, 9.17) is 9.47 Å². The Hall–Kier alpha value is -1.55. The van der Waals surface area contributed by atoms with Crippen molar-refractivity contribution in [3.63, 3.8) is 0 Å². The van der Waals surface area contributed by atoms with Crippen LogP contribution in [0.15, 0.2) is 24.3 Å². The first kappa shape index (κ1) is 15.9. The van der Waals surface area contributed by atoms with Gasteiger partial charge in [0.25, 0.3) is 0 Å². The molecule has 2 aliphatic carbocycles. The summed E-state index contributed by atoms with van der Waals surface area (Å²) in [6.45, 7) is 2.29. The van der Waals surface area contributed by atoms with Gasteiger partial charge >= 0.3 is 5.97 Å². The quantitative estimate of drug-likeness (QED) is 0.815. The number of hydrogen-bond acceptors (Lipinski definition) is 4. The van der Waals surface area contributed by atoms with E-state index in [0.29, 0.717) is 18.4 Å². The zero-order valence-electron chi connectivity index (χ0n) is 14.4. The maximum atomic E-state index is 11.7. The van der Waals surface area contributed by atoms with Crippen LogP contribution in [0.3, 0.4) is 0 Å². The van der Waals surface area contributed by atoms with Crippen LogP contribution in [0.1, 0.15) is 43.6 Å². The summed E-state index contributed by atoms with van der Waals surface area (Å²) in [6, 6.07) is 8.40. The third-order valence-corrected chi connectivity index (χ3v) is 6.01. The SMILES string of the molecule is COC(=O)C[C@H](c1cccc(OC2CC3CNCC3C2)c1)C1CC1. The van der Waals surface area contributed by atoms with Gasteiger partial charge in [-0.25, -0.2) is 0 Å². The molecule has 1 saturated heterocycles. The second-order valence-electron chi connectivity index (χ2n) is 7.69. The lowest BCUT2D eigenvalue weighted by Gasteiger charge is -2.19. The summed E-state index contributed by atoms with van der Waals surface area (Å²) in [5.74, 6) is 3.31. The molecule has 0 bridgehead atoms. The average molecular weight is 329 g/mol. The summed E-state index contributed by atoms with van der Waals surface area (Å²) in [7, 11) is 1.47. The number of carbonyl (C=O) groups is 1. The number of hydrogen-bond donors (Lipinski definition) is 1. The minimum Gasteiger partial charge on any atom is -0.490 e. The fourth-order valence-electron chi connectivity index (χ4n) is 4.54. The molecule has 1 aromatic carbocycles. The number of methoxy groups -OCH3 is 1. The Kier molecular flexibility index (Phi) is 4.49. The van der Waals surface area contributed by atoms with Gasteiger partial charge in [0.2, 0.25) is 0 Å². The summed E-state index contributed by atoms with van der Waals surface area (Å²) in [5, 5.41) is 3.48. The molecular formula is C20H27NO3. The van der Waals surface area contributed by atoms with E-state index in [0.717, 1.165) is 43.5 Å². The maximum Gasteiger partial charge on any atom is 0.306 e. The number of nitrogens with one attached hydrogen (secondary N) is 1. The maximum absolute atomic E-state index is 11.7. The van der Waals surface area contributed by atoms with Crippen LogP contribution < -0.4 is 10.1 Å². The van der Waals surface area contributed by atoms with Crippen molar-refractivity contribution >= 4 is 5.97 Å². The van der Waals surface area contributed by atoms with Gasteiger partial charge in [0, 0.05) is 0 Å². The number of benzene rings is 1. The lowest BCUT2D eigenvalue weighted by molar-refractivity contribution is -0.141. The van der Waals surface area contributed by atoms with Crippen molar-refractivity contribution < 1.29 is 14.3 Å². The highest BCUT2D eigenvalue weighted by molar-refractivity contribution is 5.70. The van der Waals surface area contributed by atoms with Crippen LogP contribution in [0.2, 0.25) is 0 Å². The van der Waals surface area contributed by atoms with E-state index in [1.165, 1.54) is 25.5 Å². The van der Waals surface area contributed by atoms with Gasteiger partial charge < -0.3 is 14.8 Å². The molecule has 3 fully saturated rings. The van der Waals surface area contributed by atoms with Gasteiger partial charge in [0.1, 0.15) is 5.75 Å². The Morgan fingerprint density at radius 3 is 2.67 bits per heavy atom. The van der Waals surface area contributed by atoms with Crippen LogP contribution in [0.5, 0.6) is 5.75 Å². The highest BCUT2D eigenvalue weighted by atomic mass is 16.5. The number of esters is 1. The summed E-state index contributed by atoms with van der Waals surface area (Å²) in [5.41, 5.74) is 1.22. The molecule has 130 valence electrons. The van der Waals surface area contributed by atoms with Crippen LogP contribution >= 0.6 is 0 Å². The molecule has 0 aromatic heterocycles. The zero-order valence-corrected chi connectivity index (χ0v) is 14.4. The van der Waals surface area contributed by atoms with Crippen molar-refractivity contribution in [2.45, 2.75) is 44.1 Å². The van der Waals surface area contributed by atoms with Crippen molar-refractivity contribution in [3.8, 4) is 5.75 Å². The Labute approximate surface area is 143 Å². The van der Waals surface area contributed by atoms with Gasteiger partial charge in [-0.05, 0) is 80.1 Å². The van der Waals surface area contributed by atoms with E-state index in [-0.39, 0.29) is 11.9 Å². The Morgan fingerprint density at radius 2 is 2.00 bits per heavy atom. The average Bonchev–Trinajstić information content (AvgIpc) is 3.22. The number of carbonyl (C=O) groups excluding carboxylic acids is 1. The highest BCUT2D eigenvalue weighted by Gasteiger charge is 2.38. The smallest absolute Gasteiger partial charge is 0.306 e. The lowest BCUT2D eigenvalue weighted by Crippen LogP contribution is -2.18. The zero-order chi connectivity index (χ0) is 16.5. The Morgan fingerprint density at radius 1 is 1.25 bits per heavy atom. The third kappa shape index (κ3) is 3.44. The molecular weight excluding hydrogens is 302 g/mol. The standard InChI is InChI=1S/C20H27NO3/c1-23-20(22)10-19(13-5-6-13)14-3-2-4-17(7-14)24-18-8-15-11-21-12-16(15)9-18/h2-4,7,13,15-16,18-19,21H,5-6,8-12H2,1H3/t15?,16?,18?,19-/m0/s1. The van der Waals surface area contributed by atoms with Crippen LogP contribution in [0.25, 0.3) is 0 Å². The van der Waals surface area contributed by atoms with Crippen LogP contribution in [0.4, 0.5) is 0 Å². The van der Waals surface area contributed by atoms with Crippen LogP contribution in [0, 0.1) is 17.8 Å². The van der Waals surface area contributed by atoms with Gasteiger partial charge in [0.15, 0.2) is 0 Å². The van der Waals surface area contributed by atoms with E-state index >= 15 is 0 Å². The first-order valence-electron chi connectivity index (χ1n) is 9.27.